The van der Waals surface area contributed by atoms with E-state index in [-0.39, 0.29) is 5.75 Å². The average molecular weight is 218 g/mol. The summed E-state index contributed by atoms with van der Waals surface area (Å²) in [6.45, 7) is 0. The molecule has 82 valence electrons. The number of phenolic OH excluding ortho intramolecular Hbond substituents is 1. The molecule has 0 aliphatic rings. The third-order valence-corrected chi connectivity index (χ3v) is 1.94. The minimum absolute atomic E-state index is 0.0976. The van der Waals surface area contributed by atoms with E-state index < -0.39 is 0 Å². The Morgan fingerprint density at radius 2 is 2.38 bits per heavy atom. The lowest BCUT2D eigenvalue weighted by atomic mass is 10.2. The van der Waals surface area contributed by atoms with Crippen LogP contribution in [0.25, 0.3) is 0 Å². The number of aromatic nitrogens is 3. The summed E-state index contributed by atoms with van der Waals surface area (Å²) in [6, 6.07) is 4.94. The smallest absolute Gasteiger partial charge is 0.161 e. The zero-order chi connectivity index (χ0) is 11.4. The number of phenols is 1. The predicted octanol–water partition coefficient (Wildman–Crippen LogP) is 0.874. The molecular weight excluding hydrogens is 208 g/mol. The van der Waals surface area contributed by atoms with Gasteiger partial charge in [-0.05, 0) is 23.8 Å². The Balaban J connectivity index is 2.22. The number of methoxy groups -OCH3 is 1. The van der Waals surface area contributed by atoms with Crippen molar-refractivity contribution in [3.8, 4) is 11.5 Å². The lowest BCUT2D eigenvalue weighted by molar-refractivity contribution is 0.373. The van der Waals surface area contributed by atoms with Gasteiger partial charge in [0.15, 0.2) is 11.5 Å². The van der Waals surface area contributed by atoms with E-state index in [9.17, 15) is 5.11 Å². The number of benzene rings is 1. The van der Waals surface area contributed by atoms with E-state index in [4.69, 9.17) is 4.74 Å². The van der Waals surface area contributed by atoms with Crippen LogP contribution in [-0.4, -0.2) is 33.3 Å². The maximum absolute atomic E-state index is 9.39. The zero-order valence-electron chi connectivity index (χ0n) is 8.61. The Morgan fingerprint density at radius 1 is 1.50 bits per heavy atom. The first-order chi connectivity index (χ1) is 7.79. The van der Waals surface area contributed by atoms with Gasteiger partial charge in [0.25, 0.3) is 0 Å². The molecule has 0 fully saturated rings. The molecule has 0 saturated heterocycles. The number of hydrogen-bond acceptors (Lipinski definition) is 5. The lowest BCUT2D eigenvalue weighted by Gasteiger charge is -2.02. The van der Waals surface area contributed by atoms with Crippen LogP contribution in [0.3, 0.4) is 0 Å². The second-order valence-electron chi connectivity index (χ2n) is 2.99. The third-order valence-electron chi connectivity index (χ3n) is 1.94. The summed E-state index contributed by atoms with van der Waals surface area (Å²) in [5.74, 6) is 0.503. The highest BCUT2D eigenvalue weighted by atomic mass is 16.5. The topological polar surface area (TPSA) is 72.5 Å². The van der Waals surface area contributed by atoms with Crippen molar-refractivity contribution in [3.05, 3.63) is 36.4 Å². The third kappa shape index (κ3) is 2.17. The van der Waals surface area contributed by atoms with Crippen LogP contribution in [0.1, 0.15) is 5.56 Å². The molecule has 6 nitrogen and oxygen atoms in total. The fourth-order valence-electron chi connectivity index (χ4n) is 1.16. The summed E-state index contributed by atoms with van der Waals surface area (Å²) >= 11 is 0. The maximum Gasteiger partial charge on any atom is 0.161 e. The van der Waals surface area contributed by atoms with Gasteiger partial charge in [-0.3, -0.25) is 0 Å². The van der Waals surface area contributed by atoms with Crippen LogP contribution in [0.15, 0.2) is 36.0 Å². The summed E-state index contributed by atoms with van der Waals surface area (Å²) in [4.78, 5) is 5.09. The molecule has 1 aromatic heterocycles. The van der Waals surface area contributed by atoms with Crippen molar-refractivity contribution < 1.29 is 9.84 Å². The minimum atomic E-state index is 0.0976. The first kappa shape index (κ1) is 10.2. The van der Waals surface area contributed by atoms with Crippen molar-refractivity contribution >= 4 is 6.21 Å². The number of ether oxygens (including phenoxy) is 1. The van der Waals surface area contributed by atoms with E-state index >= 15 is 0 Å². The van der Waals surface area contributed by atoms with Gasteiger partial charge in [-0.2, -0.15) is 5.10 Å². The highest BCUT2D eigenvalue weighted by Crippen LogP contribution is 2.25. The number of aromatic hydroxyl groups is 1. The van der Waals surface area contributed by atoms with E-state index in [1.165, 1.54) is 24.6 Å². The van der Waals surface area contributed by atoms with Gasteiger partial charge in [-0.25, -0.2) is 4.98 Å². The van der Waals surface area contributed by atoms with Crippen LogP contribution in [0.2, 0.25) is 0 Å². The fraction of sp³-hybridized carbons (Fsp3) is 0.100. The summed E-state index contributed by atoms with van der Waals surface area (Å²) in [5, 5.41) is 17.2. The molecule has 6 heteroatoms. The minimum Gasteiger partial charge on any atom is -0.504 e. The summed E-state index contributed by atoms with van der Waals surface area (Å²) in [7, 11) is 1.49. The second kappa shape index (κ2) is 4.43. The first-order valence-corrected chi connectivity index (χ1v) is 4.55. The molecule has 0 unspecified atom stereocenters. The van der Waals surface area contributed by atoms with Crippen LogP contribution in [0.4, 0.5) is 0 Å². The van der Waals surface area contributed by atoms with Crippen LogP contribution in [0, 0.1) is 0 Å². The Morgan fingerprint density at radius 3 is 3.06 bits per heavy atom. The molecule has 0 radical (unpaired) electrons. The van der Waals surface area contributed by atoms with Gasteiger partial charge in [0.1, 0.15) is 12.7 Å². The highest BCUT2D eigenvalue weighted by Gasteiger charge is 2.00. The SMILES string of the molecule is COc1cc(/C=N\n2cncn2)ccc1O. The van der Waals surface area contributed by atoms with Crippen LogP contribution >= 0.6 is 0 Å². The van der Waals surface area contributed by atoms with Gasteiger partial charge < -0.3 is 9.84 Å². The van der Waals surface area contributed by atoms with E-state index in [2.05, 4.69) is 15.2 Å². The molecule has 2 rings (SSSR count). The molecule has 0 aliphatic heterocycles. The normalized spacial score (nSPS) is 10.8. The average Bonchev–Trinajstić information content (AvgIpc) is 2.81. The van der Waals surface area contributed by atoms with Crippen LogP contribution in [-0.2, 0) is 0 Å². The highest BCUT2D eigenvalue weighted by molar-refractivity contribution is 5.80. The van der Waals surface area contributed by atoms with E-state index in [0.29, 0.717) is 5.75 Å². The molecule has 2 aromatic rings. The Hall–Kier alpha value is -2.37. The number of hydrogen-bond donors (Lipinski definition) is 1. The lowest BCUT2D eigenvalue weighted by Crippen LogP contribution is -1.91. The van der Waals surface area contributed by atoms with Gasteiger partial charge >= 0.3 is 0 Å². The van der Waals surface area contributed by atoms with E-state index in [0.717, 1.165) is 5.56 Å². The Kier molecular flexibility index (Phi) is 2.81. The van der Waals surface area contributed by atoms with Crippen molar-refractivity contribution in [3.63, 3.8) is 0 Å². The summed E-state index contributed by atoms with van der Waals surface area (Å²) < 4.78 is 4.98. The molecule has 1 aromatic carbocycles. The van der Waals surface area contributed by atoms with Gasteiger partial charge in [-0.15, -0.1) is 9.89 Å². The second-order valence-corrected chi connectivity index (χ2v) is 2.99. The molecule has 0 spiro atoms. The predicted molar refractivity (Wildman–Crippen MR) is 57.7 cm³/mol. The maximum atomic E-state index is 9.39. The summed E-state index contributed by atoms with van der Waals surface area (Å²) in [6.07, 6.45) is 4.47. The molecule has 0 amide bonds. The van der Waals surface area contributed by atoms with Crippen LogP contribution < -0.4 is 4.74 Å². The number of rotatable bonds is 3. The number of nitrogens with zero attached hydrogens (tertiary/aromatic N) is 4. The van der Waals surface area contributed by atoms with Crippen molar-refractivity contribution in [1.82, 2.24) is 14.9 Å². The Bertz CT molecular complexity index is 494. The molecular formula is C10H10N4O2. The summed E-state index contributed by atoms with van der Waals surface area (Å²) in [5.41, 5.74) is 0.796. The molecule has 0 bridgehead atoms. The van der Waals surface area contributed by atoms with Crippen molar-refractivity contribution in [2.75, 3.05) is 7.11 Å². The van der Waals surface area contributed by atoms with Gasteiger partial charge in [0.05, 0.1) is 13.3 Å². The van der Waals surface area contributed by atoms with Crippen molar-refractivity contribution in [2.24, 2.45) is 5.10 Å². The molecule has 1 N–H and O–H groups in total. The van der Waals surface area contributed by atoms with Gasteiger partial charge in [0.2, 0.25) is 0 Å². The molecule has 0 aliphatic carbocycles. The van der Waals surface area contributed by atoms with Crippen molar-refractivity contribution in [1.29, 1.82) is 0 Å². The largest absolute Gasteiger partial charge is 0.504 e. The standard InChI is InChI=1S/C10H10N4O2/c1-16-10-4-8(2-3-9(10)15)5-12-14-7-11-6-13-14/h2-7,15H,1H3/b12-5-. The molecule has 0 saturated carbocycles. The quantitative estimate of drug-likeness (QED) is 0.776. The van der Waals surface area contributed by atoms with Gasteiger partial charge in [0, 0.05) is 0 Å². The van der Waals surface area contributed by atoms with E-state index in [1.807, 2.05) is 0 Å². The molecule has 16 heavy (non-hydrogen) atoms. The molecule has 1 heterocycles. The monoisotopic (exact) mass is 218 g/mol. The fourth-order valence-corrected chi connectivity index (χ4v) is 1.16. The Labute approximate surface area is 91.8 Å². The van der Waals surface area contributed by atoms with E-state index in [1.54, 1.807) is 24.4 Å². The van der Waals surface area contributed by atoms with Crippen molar-refractivity contribution in [2.45, 2.75) is 0 Å². The van der Waals surface area contributed by atoms with Crippen LogP contribution in [0.5, 0.6) is 11.5 Å². The van der Waals surface area contributed by atoms with Gasteiger partial charge in [-0.1, -0.05) is 0 Å². The first-order valence-electron chi connectivity index (χ1n) is 4.55. The molecule has 0 atom stereocenters. The zero-order valence-corrected chi connectivity index (χ0v) is 8.61.